The summed E-state index contributed by atoms with van der Waals surface area (Å²) < 4.78 is 1.49. The molecule has 1 atom stereocenters. The normalized spacial score (nSPS) is 12.1. The number of hydrogen-bond acceptors (Lipinski definition) is 4. The second-order valence-corrected chi connectivity index (χ2v) is 6.00. The predicted octanol–water partition coefficient (Wildman–Crippen LogP) is 2.80. The van der Waals surface area contributed by atoms with E-state index in [2.05, 4.69) is 6.07 Å². The van der Waals surface area contributed by atoms with Crippen molar-refractivity contribution >= 4 is 10.9 Å². The standard InChI is InChI=1S/C19H18N4O/c1-11-8-15(12(2)21)17-16(9-11)19(24)23(3)18(22-17)14-7-5-4-6-13(14)10-20/h4-9,12H,21H2,1-3H3. The van der Waals surface area contributed by atoms with E-state index in [0.717, 1.165) is 11.1 Å². The number of nitrogens with two attached hydrogens (primary N) is 1. The largest absolute Gasteiger partial charge is 0.324 e. The average molecular weight is 318 g/mol. The van der Waals surface area contributed by atoms with Gasteiger partial charge in [0.2, 0.25) is 0 Å². The van der Waals surface area contributed by atoms with E-state index in [1.54, 1.807) is 25.2 Å². The van der Waals surface area contributed by atoms with Gasteiger partial charge in [-0.3, -0.25) is 9.36 Å². The van der Waals surface area contributed by atoms with Gasteiger partial charge in [-0.1, -0.05) is 18.2 Å². The number of rotatable bonds is 2. The smallest absolute Gasteiger partial charge is 0.261 e. The van der Waals surface area contributed by atoms with Gasteiger partial charge in [-0.15, -0.1) is 0 Å². The number of aryl methyl sites for hydroxylation is 1. The van der Waals surface area contributed by atoms with Gasteiger partial charge in [0.1, 0.15) is 5.82 Å². The molecule has 0 spiro atoms. The second-order valence-electron chi connectivity index (χ2n) is 6.00. The molecule has 0 fully saturated rings. The van der Waals surface area contributed by atoms with Crippen molar-refractivity contribution in [3.63, 3.8) is 0 Å². The van der Waals surface area contributed by atoms with Crippen LogP contribution in [-0.4, -0.2) is 9.55 Å². The molecule has 1 heterocycles. The molecule has 5 heteroatoms. The van der Waals surface area contributed by atoms with Crippen molar-refractivity contribution < 1.29 is 0 Å². The first-order chi connectivity index (χ1) is 11.4. The van der Waals surface area contributed by atoms with Crippen molar-refractivity contribution in [2.45, 2.75) is 19.9 Å². The summed E-state index contributed by atoms with van der Waals surface area (Å²) in [6.07, 6.45) is 0. The van der Waals surface area contributed by atoms with Gasteiger partial charge in [-0.25, -0.2) is 4.98 Å². The van der Waals surface area contributed by atoms with Crippen LogP contribution in [0.5, 0.6) is 0 Å². The van der Waals surface area contributed by atoms with Gasteiger partial charge in [0.05, 0.1) is 22.5 Å². The number of benzene rings is 2. The Morgan fingerprint density at radius 1 is 1.29 bits per heavy atom. The van der Waals surface area contributed by atoms with Crippen LogP contribution in [0, 0.1) is 18.3 Å². The third kappa shape index (κ3) is 2.47. The first-order valence-electron chi connectivity index (χ1n) is 7.70. The predicted molar refractivity (Wildman–Crippen MR) is 94.5 cm³/mol. The lowest BCUT2D eigenvalue weighted by molar-refractivity contribution is 0.814. The molecule has 3 aromatic rings. The summed E-state index contributed by atoms with van der Waals surface area (Å²) in [5.74, 6) is 0.468. The van der Waals surface area contributed by atoms with E-state index in [0.29, 0.717) is 27.9 Å². The highest BCUT2D eigenvalue weighted by atomic mass is 16.1. The number of nitriles is 1. The van der Waals surface area contributed by atoms with Crippen LogP contribution in [0.4, 0.5) is 0 Å². The van der Waals surface area contributed by atoms with Gasteiger partial charge in [0, 0.05) is 18.7 Å². The van der Waals surface area contributed by atoms with Crippen molar-refractivity contribution in [1.29, 1.82) is 5.26 Å². The second kappa shape index (κ2) is 5.91. The van der Waals surface area contributed by atoms with Crippen molar-refractivity contribution in [1.82, 2.24) is 9.55 Å². The number of hydrogen-bond donors (Lipinski definition) is 1. The van der Waals surface area contributed by atoms with Gasteiger partial charge < -0.3 is 5.73 Å². The maximum Gasteiger partial charge on any atom is 0.261 e. The fourth-order valence-electron chi connectivity index (χ4n) is 2.92. The molecule has 0 saturated heterocycles. The average Bonchev–Trinajstić information content (AvgIpc) is 2.57. The third-order valence-corrected chi connectivity index (χ3v) is 4.13. The van der Waals surface area contributed by atoms with Crippen LogP contribution >= 0.6 is 0 Å². The molecule has 3 rings (SSSR count). The van der Waals surface area contributed by atoms with E-state index >= 15 is 0 Å². The summed E-state index contributed by atoms with van der Waals surface area (Å²) in [7, 11) is 1.67. The van der Waals surface area contributed by atoms with Gasteiger partial charge in [-0.2, -0.15) is 5.26 Å². The first kappa shape index (κ1) is 15.9. The number of nitrogens with zero attached hydrogens (tertiary/aromatic N) is 3. The van der Waals surface area contributed by atoms with Gasteiger partial charge in [0.15, 0.2) is 0 Å². The highest BCUT2D eigenvalue weighted by molar-refractivity contribution is 5.84. The monoisotopic (exact) mass is 318 g/mol. The molecule has 0 saturated carbocycles. The summed E-state index contributed by atoms with van der Waals surface area (Å²) >= 11 is 0. The highest BCUT2D eigenvalue weighted by Crippen LogP contribution is 2.26. The molecular formula is C19H18N4O. The molecule has 120 valence electrons. The van der Waals surface area contributed by atoms with Crippen LogP contribution in [0.25, 0.3) is 22.3 Å². The Labute approximate surface area is 140 Å². The van der Waals surface area contributed by atoms with E-state index < -0.39 is 0 Å². The molecule has 24 heavy (non-hydrogen) atoms. The minimum Gasteiger partial charge on any atom is -0.324 e. The molecule has 1 aromatic heterocycles. The zero-order chi connectivity index (χ0) is 17.4. The molecule has 0 radical (unpaired) electrons. The molecule has 0 aliphatic carbocycles. The molecule has 5 nitrogen and oxygen atoms in total. The number of fused-ring (bicyclic) bond motifs is 1. The molecule has 2 N–H and O–H groups in total. The first-order valence-corrected chi connectivity index (χ1v) is 7.70. The minimum absolute atomic E-state index is 0.145. The highest BCUT2D eigenvalue weighted by Gasteiger charge is 2.17. The quantitative estimate of drug-likeness (QED) is 0.787. The fourth-order valence-corrected chi connectivity index (χ4v) is 2.92. The lowest BCUT2D eigenvalue weighted by Gasteiger charge is -2.15. The van der Waals surface area contributed by atoms with E-state index in [9.17, 15) is 10.1 Å². The maximum atomic E-state index is 12.8. The molecule has 0 aliphatic heterocycles. The Hall–Kier alpha value is -2.97. The van der Waals surface area contributed by atoms with Gasteiger partial charge in [0.25, 0.3) is 5.56 Å². The maximum absolute atomic E-state index is 12.8. The zero-order valence-corrected chi connectivity index (χ0v) is 13.9. The Morgan fingerprint density at radius 3 is 2.67 bits per heavy atom. The van der Waals surface area contributed by atoms with E-state index in [4.69, 9.17) is 10.7 Å². The fraction of sp³-hybridized carbons (Fsp3) is 0.211. The molecular weight excluding hydrogens is 300 g/mol. The van der Waals surface area contributed by atoms with Gasteiger partial charge >= 0.3 is 0 Å². The van der Waals surface area contributed by atoms with Crippen molar-refractivity contribution in [3.05, 3.63) is 63.4 Å². The minimum atomic E-state index is -0.244. The third-order valence-electron chi connectivity index (χ3n) is 4.13. The molecule has 2 aromatic carbocycles. The summed E-state index contributed by atoms with van der Waals surface area (Å²) in [6.45, 7) is 3.81. The lowest BCUT2D eigenvalue weighted by atomic mass is 10.0. The summed E-state index contributed by atoms with van der Waals surface area (Å²) in [6, 6.07) is 12.8. The van der Waals surface area contributed by atoms with Crippen LogP contribution in [-0.2, 0) is 7.05 Å². The van der Waals surface area contributed by atoms with Crippen LogP contribution in [0.1, 0.15) is 29.7 Å². The molecule has 0 bridgehead atoms. The number of aromatic nitrogens is 2. The Bertz CT molecular complexity index is 1040. The molecule has 0 amide bonds. The Balaban J connectivity index is 2.46. The summed E-state index contributed by atoms with van der Waals surface area (Å²) in [5, 5.41) is 9.89. The van der Waals surface area contributed by atoms with Crippen molar-refractivity contribution in [3.8, 4) is 17.5 Å². The van der Waals surface area contributed by atoms with Crippen molar-refractivity contribution in [2.75, 3.05) is 0 Å². The summed E-state index contributed by atoms with van der Waals surface area (Å²) in [4.78, 5) is 17.6. The zero-order valence-electron chi connectivity index (χ0n) is 13.9. The Morgan fingerprint density at radius 2 is 2.00 bits per heavy atom. The van der Waals surface area contributed by atoms with Crippen LogP contribution in [0.15, 0.2) is 41.2 Å². The van der Waals surface area contributed by atoms with Crippen LogP contribution < -0.4 is 11.3 Å². The summed E-state index contributed by atoms with van der Waals surface area (Å²) in [5.41, 5.74) is 9.45. The van der Waals surface area contributed by atoms with E-state index in [-0.39, 0.29) is 11.6 Å². The lowest BCUT2D eigenvalue weighted by Crippen LogP contribution is -2.22. The van der Waals surface area contributed by atoms with Crippen molar-refractivity contribution in [2.24, 2.45) is 12.8 Å². The topological polar surface area (TPSA) is 84.7 Å². The molecule has 0 aliphatic rings. The van der Waals surface area contributed by atoms with Gasteiger partial charge in [-0.05, 0) is 43.2 Å². The SMILES string of the molecule is Cc1cc(C(C)N)c2nc(-c3ccccc3C#N)n(C)c(=O)c2c1. The molecule has 1 unspecified atom stereocenters. The van der Waals surface area contributed by atoms with Crippen LogP contribution in [0.3, 0.4) is 0 Å². The van der Waals surface area contributed by atoms with E-state index in [1.807, 2.05) is 32.0 Å². The Kier molecular flexibility index (Phi) is 3.92. The van der Waals surface area contributed by atoms with E-state index in [1.165, 1.54) is 4.57 Å². The van der Waals surface area contributed by atoms with Crippen LogP contribution in [0.2, 0.25) is 0 Å².